The van der Waals surface area contributed by atoms with E-state index >= 15 is 0 Å². The van der Waals surface area contributed by atoms with E-state index in [1.165, 1.54) is 0 Å². The maximum absolute atomic E-state index is 13.1. The fourth-order valence-electron chi connectivity index (χ4n) is 3.24. The molecule has 0 aromatic heterocycles. The maximum atomic E-state index is 13.1. The molecule has 1 atom stereocenters. The van der Waals surface area contributed by atoms with Crippen molar-refractivity contribution >= 4 is 20.3 Å². The van der Waals surface area contributed by atoms with Gasteiger partial charge < -0.3 is 5.11 Å². The summed E-state index contributed by atoms with van der Waals surface area (Å²) < 4.78 is 26.2. The molecule has 0 bridgehead atoms. The van der Waals surface area contributed by atoms with Gasteiger partial charge in [-0.15, -0.1) is 0 Å². The number of sulfone groups is 1. The second-order valence-electron chi connectivity index (χ2n) is 5.52. The number of hydrogen-bond acceptors (Lipinski definition) is 3. The van der Waals surface area contributed by atoms with Crippen LogP contribution < -0.4 is 0 Å². The predicted molar refractivity (Wildman–Crippen MR) is 85.6 cm³/mol. The van der Waals surface area contributed by atoms with E-state index in [0.717, 1.165) is 22.3 Å². The van der Waals surface area contributed by atoms with Gasteiger partial charge in [0, 0.05) is 12.0 Å². The molecule has 0 radical (unpaired) electrons. The Hall–Kier alpha value is -2.17. The zero-order chi connectivity index (χ0) is 15.3. The van der Waals surface area contributed by atoms with Crippen molar-refractivity contribution in [3.05, 3.63) is 77.4 Å². The van der Waals surface area contributed by atoms with Gasteiger partial charge in [0.15, 0.2) is 0 Å². The minimum absolute atomic E-state index is 0.287. The molecule has 0 amide bonds. The lowest BCUT2D eigenvalue weighted by Gasteiger charge is -2.10. The highest BCUT2D eigenvalue weighted by atomic mass is 32.2. The Morgan fingerprint density at radius 1 is 0.909 bits per heavy atom. The minimum atomic E-state index is -3.60. The van der Waals surface area contributed by atoms with E-state index in [0.29, 0.717) is 11.3 Å². The number of fused-ring (bicyclic) bond motifs is 3. The fourth-order valence-corrected chi connectivity index (χ4v) is 4.98. The average molecular weight is 310 g/mol. The lowest BCUT2D eigenvalue weighted by molar-refractivity contribution is 0.231. The van der Waals surface area contributed by atoms with Crippen LogP contribution in [-0.2, 0) is 9.84 Å². The van der Waals surface area contributed by atoms with E-state index < -0.39 is 15.9 Å². The first-order valence-corrected chi connectivity index (χ1v) is 8.60. The van der Waals surface area contributed by atoms with E-state index in [4.69, 9.17) is 0 Å². The average Bonchev–Trinajstić information content (AvgIpc) is 3.03. The van der Waals surface area contributed by atoms with E-state index in [1.54, 1.807) is 36.4 Å². The van der Waals surface area contributed by atoms with Crippen molar-refractivity contribution in [2.24, 2.45) is 0 Å². The van der Waals surface area contributed by atoms with Gasteiger partial charge in [-0.25, -0.2) is 8.42 Å². The highest BCUT2D eigenvalue weighted by molar-refractivity contribution is 8.00. The molecule has 0 saturated carbocycles. The summed E-state index contributed by atoms with van der Waals surface area (Å²) in [7, 11) is -3.60. The zero-order valence-corrected chi connectivity index (χ0v) is 12.5. The van der Waals surface area contributed by atoms with E-state index in [9.17, 15) is 13.5 Å². The van der Waals surface area contributed by atoms with Gasteiger partial charge in [-0.2, -0.15) is 0 Å². The van der Waals surface area contributed by atoms with Crippen LogP contribution in [0.15, 0.2) is 71.1 Å². The first-order valence-electron chi connectivity index (χ1n) is 7.12. The van der Waals surface area contributed by atoms with Crippen LogP contribution in [0.3, 0.4) is 0 Å². The van der Waals surface area contributed by atoms with Crippen molar-refractivity contribution in [1.29, 1.82) is 0 Å². The summed E-state index contributed by atoms with van der Waals surface area (Å²) >= 11 is 0. The summed E-state index contributed by atoms with van der Waals surface area (Å²) in [4.78, 5) is 0.632. The molecule has 2 aliphatic rings. The molecule has 4 heteroatoms. The first-order chi connectivity index (χ1) is 10.6. The van der Waals surface area contributed by atoms with Gasteiger partial charge in [-0.3, -0.25) is 0 Å². The fraction of sp³-hybridized carbons (Fsp3) is 0.111. The Bertz CT molecular complexity index is 922. The summed E-state index contributed by atoms with van der Waals surface area (Å²) in [5.41, 5.74) is 3.22. The number of allylic oxidation sites excluding steroid dienone is 1. The number of aliphatic hydroxyl groups is 1. The molecule has 1 N–H and O–H groups in total. The van der Waals surface area contributed by atoms with Gasteiger partial charge in [0.05, 0.1) is 15.9 Å². The number of hydrogen-bond donors (Lipinski definition) is 1. The second-order valence-corrected chi connectivity index (χ2v) is 7.41. The molecule has 3 nitrogen and oxygen atoms in total. The van der Waals surface area contributed by atoms with Crippen LogP contribution in [0.1, 0.15) is 17.5 Å². The Balaban J connectivity index is 2.01. The molecule has 0 aliphatic heterocycles. The van der Waals surface area contributed by atoms with Crippen molar-refractivity contribution in [1.82, 2.24) is 0 Å². The third kappa shape index (κ3) is 1.81. The van der Waals surface area contributed by atoms with E-state index in [2.05, 4.69) is 0 Å². The van der Waals surface area contributed by atoms with Crippen molar-refractivity contribution in [2.75, 3.05) is 0 Å². The third-order valence-electron chi connectivity index (χ3n) is 4.16. The minimum Gasteiger partial charge on any atom is -0.389 e. The van der Waals surface area contributed by atoms with Crippen LogP contribution in [0.4, 0.5) is 0 Å². The molecular weight excluding hydrogens is 296 g/mol. The monoisotopic (exact) mass is 310 g/mol. The smallest absolute Gasteiger partial charge is 0.207 e. The van der Waals surface area contributed by atoms with Crippen LogP contribution in [0, 0.1) is 0 Å². The lowest BCUT2D eigenvalue weighted by Crippen LogP contribution is -2.06. The number of rotatable bonds is 2. The summed E-state index contributed by atoms with van der Waals surface area (Å²) in [5.74, 6) is 0. The third-order valence-corrected chi connectivity index (χ3v) is 6.05. The van der Waals surface area contributed by atoms with Crippen LogP contribution in [0.5, 0.6) is 0 Å². The standard InChI is InChI=1S/C18H14O3S/c19-12-10-16-14-8-4-5-9-15(14)18(17(16)11-12)22(20,21)13-6-2-1-3-7-13/h1-10,12,19H,11H2/t12-/m1/s1. The maximum Gasteiger partial charge on any atom is 0.207 e. The molecule has 0 saturated heterocycles. The lowest BCUT2D eigenvalue weighted by atomic mass is 10.1. The Morgan fingerprint density at radius 2 is 1.55 bits per heavy atom. The molecule has 0 spiro atoms. The molecule has 0 heterocycles. The van der Waals surface area contributed by atoms with Crippen molar-refractivity contribution in [3.8, 4) is 0 Å². The van der Waals surface area contributed by atoms with Crippen molar-refractivity contribution < 1.29 is 13.5 Å². The summed E-state index contributed by atoms with van der Waals surface area (Å²) in [6.07, 6.45) is 1.49. The van der Waals surface area contributed by atoms with Crippen molar-refractivity contribution in [2.45, 2.75) is 17.4 Å². The molecular formula is C18H14O3S. The zero-order valence-electron chi connectivity index (χ0n) is 11.7. The highest BCUT2D eigenvalue weighted by Gasteiger charge is 2.38. The predicted octanol–water partition coefficient (Wildman–Crippen LogP) is 3.03. The van der Waals surface area contributed by atoms with Crippen LogP contribution in [0.2, 0.25) is 0 Å². The van der Waals surface area contributed by atoms with Gasteiger partial charge in [0.1, 0.15) is 0 Å². The Labute approximate surface area is 129 Å². The summed E-state index contributed by atoms with van der Waals surface area (Å²) in [6, 6.07) is 15.9. The summed E-state index contributed by atoms with van der Waals surface area (Å²) in [5, 5.41) is 9.91. The highest BCUT2D eigenvalue weighted by Crippen LogP contribution is 2.50. The first kappa shape index (κ1) is 13.5. The van der Waals surface area contributed by atoms with Gasteiger partial charge in [0.2, 0.25) is 9.84 Å². The molecule has 22 heavy (non-hydrogen) atoms. The SMILES string of the molecule is O=S(=O)(C1=C2C[C@H](O)C=C2c2ccccc21)c1ccccc1. The molecule has 0 fully saturated rings. The largest absolute Gasteiger partial charge is 0.389 e. The van der Waals surface area contributed by atoms with Crippen molar-refractivity contribution in [3.63, 3.8) is 0 Å². The van der Waals surface area contributed by atoms with Gasteiger partial charge in [0.25, 0.3) is 0 Å². The molecule has 0 unspecified atom stereocenters. The molecule has 2 aliphatic carbocycles. The molecule has 4 rings (SSSR count). The van der Waals surface area contributed by atoms with Crippen LogP contribution in [0.25, 0.3) is 10.5 Å². The topological polar surface area (TPSA) is 54.4 Å². The Morgan fingerprint density at radius 3 is 2.27 bits per heavy atom. The van der Waals surface area contributed by atoms with Gasteiger partial charge >= 0.3 is 0 Å². The normalized spacial score (nSPS) is 19.9. The molecule has 2 aromatic rings. The van der Waals surface area contributed by atoms with Gasteiger partial charge in [-0.1, -0.05) is 42.5 Å². The van der Waals surface area contributed by atoms with E-state index in [1.807, 2.05) is 24.3 Å². The van der Waals surface area contributed by atoms with Crippen LogP contribution >= 0.6 is 0 Å². The number of aliphatic hydroxyl groups excluding tert-OH is 1. The Kier molecular flexibility index (Phi) is 2.86. The molecule has 110 valence electrons. The second kappa shape index (κ2) is 4.66. The van der Waals surface area contributed by atoms with Crippen LogP contribution in [-0.4, -0.2) is 19.6 Å². The molecule has 2 aromatic carbocycles. The quantitative estimate of drug-likeness (QED) is 0.927. The summed E-state index contributed by atoms with van der Waals surface area (Å²) in [6.45, 7) is 0. The number of benzene rings is 2. The van der Waals surface area contributed by atoms with E-state index in [-0.39, 0.29) is 4.90 Å². The van der Waals surface area contributed by atoms with Gasteiger partial charge in [-0.05, 0) is 34.9 Å².